The zero-order valence-corrected chi connectivity index (χ0v) is 12.3. The minimum Gasteiger partial charge on any atom is -0.305 e. The first-order valence-electron chi connectivity index (χ1n) is 5.56. The molecule has 1 heterocycles. The molecule has 0 saturated carbocycles. The lowest BCUT2D eigenvalue weighted by Crippen LogP contribution is -2.17. The van der Waals surface area contributed by atoms with Gasteiger partial charge in [-0.15, -0.1) is 11.3 Å². The Labute approximate surface area is 114 Å². The molecule has 17 heavy (non-hydrogen) atoms. The molecule has 1 aromatic heterocycles. The van der Waals surface area contributed by atoms with Crippen LogP contribution in [-0.2, 0) is 6.54 Å². The van der Waals surface area contributed by atoms with Crippen LogP contribution < -0.4 is 5.32 Å². The van der Waals surface area contributed by atoms with Gasteiger partial charge in [-0.1, -0.05) is 34.1 Å². The Hall–Kier alpha value is -0.710. The maximum Gasteiger partial charge on any atom is 0.0897 e. The number of benzene rings is 1. The van der Waals surface area contributed by atoms with Crippen LogP contribution in [0.2, 0.25) is 0 Å². The molecule has 0 saturated heterocycles. The van der Waals surface area contributed by atoms with Crippen LogP contribution in [0.1, 0.15) is 28.4 Å². The predicted octanol–water partition coefficient (Wildman–Crippen LogP) is 4.06. The second kappa shape index (κ2) is 5.76. The maximum absolute atomic E-state index is 4.25. The van der Waals surface area contributed by atoms with E-state index >= 15 is 0 Å². The largest absolute Gasteiger partial charge is 0.305 e. The Morgan fingerprint density at radius 3 is 2.82 bits per heavy atom. The number of hydrogen-bond acceptors (Lipinski definition) is 3. The van der Waals surface area contributed by atoms with Gasteiger partial charge < -0.3 is 5.32 Å². The molecule has 2 aromatic rings. The highest BCUT2D eigenvalue weighted by Gasteiger charge is 2.08. The van der Waals surface area contributed by atoms with Crippen molar-refractivity contribution >= 4 is 27.3 Å². The molecule has 90 valence electrons. The molecule has 0 fully saturated rings. The lowest BCUT2D eigenvalue weighted by atomic mass is 10.1. The van der Waals surface area contributed by atoms with Crippen LogP contribution in [0.5, 0.6) is 0 Å². The fourth-order valence-corrected chi connectivity index (χ4v) is 3.05. The molecule has 0 aliphatic heterocycles. The van der Waals surface area contributed by atoms with Gasteiger partial charge in [-0.3, -0.25) is 0 Å². The van der Waals surface area contributed by atoms with Crippen molar-refractivity contribution in [1.29, 1.82) is 0 Å². The van der Waals surface area contributed by atoms with E-state index in [4.69, 9.17) is 0 Å². The van der Waals surface area contributed by atoms with Gasteiger partial charge in [0.05, 0.1) is 5.01 Å². The number of nitrogens with one attached hydrogen (secondary N) is 1. The third kappa shape index (κ3) is 3.37. The molecular formula is C13H15BrN2S. The number of rotatable bonds is 4. The van der Waals surface area contributed by atoms with Gasteiger partial charge in [-0.2, -0.15) is 0 Å². The van der Waals surface area contributed by atoms with Gasteiger partial charge in [0.2, 0.25) is 0 Å². The Morgan fingerprint density at radius 1 is 1.41 bits per heavy atom. The van der Waals surface area contributed by atoms with Crippen LogP contribution in [0.25, 0.3) is 0 Å². The number of hydrogen-bond donors (Lipinski definition) is 1. The van der Waals surface area contributed by atoms with Crippen molar-refractivity contribution in [2.75, 3.05) is 0 Å². The third-order valence-electron chi connectivity index (χ3n) is 2.62. The Balaban J connectivity index is 1.98. The third-order valence-corrected chi connectivity index (χ3v) is 4.26. The van der Waals surface area contributed by atoms with Gasteiger partial charge in [-0.05, 0) is 25.5 Å². The van der Waals surface area contributed by atoms with E-state index in [0.717, 1.165) is 16.0 Å². The van der Waals surface area contributed by atoms with E-state index in [2.05, 4.69) is 51.4 Å². The van der Waals surface area contributed by atoms with E-state index in [1.165, 1.54) is 10.4 Å². The van der Waals surface area contributed by atoms with E-state index in [0.29, 0.717) is 6.04 Å². The highest BCUT2D eigenvalue weighted by molar-refractivity contribution is 9.10. The monoisotopic (exact) mass is 310 g/mol. The van der Waals surface area contributed by atoms with Crippen LogP contribution in [0.4, 0.5) is 0 Å². The van der Waals surface area contributed by atoms with Crippen molar-refractivity contribution in [3.8, 4) is 0 Å². The Kier molecular flexibility index (Phi) is 4.31. The first kappa shape index (κ1) is 12.7. The summed E-state index contributed by atoms with van der Waals surface area (Å²) in [6.07, 6.45) is 1.94. The maximum atomic E-state index is 4.25. The average Bonchev–Trinajstić information content (AvgIpc) is 2.73. The van der Waals surface area contributed by atoms with E-state index < -0.39 is 0 Å². The van der Waals surface area contributed by atoms with Gasteiger partial charge in [0, 0.05) is 28.1 Å². The van der Waals surface area contributed by atoms with E-state index in [1.54, 1.807) is 11.3 Å². The molecule has 2 rings (SSSR count). The van der Waals surface area contributed by atoms with Crippen molar-refractivity contribution in [1.82, 2.24) is 10.3 Å². The molecule has 0 aliphatic carbocycles. The number of aryl methyl sites for hydroxylation is 1. The molecule has 0 unspecified atom stereocenters. The summed E-state index contributed by atoms with van der Waals surface area (Å²) in [4.78, 5) is 5.53. The molecule has 0 bridgehead atoms. The highest BCUT2D eigenvalue weighted by Crippen LogP contribution is 2.23. The molecule has 1 N–H and O–H groups in total. The lowest BCUT2D eigenvalue weighted by molar-refractivity contribution is 0.576. The molecule has 0 amide bonds. The fourth-order valence-electron chi connectivity index (χ4n) is 1.68. The minimum atomic E-state index is 0.327. The summed E-state index contributed by atoms with van der Waals surface area (Å²) in [6.45, 7) is 5.08. The topological polar surface area (TPSA) is 24.9 Å². The van der Waals surface area contributed by atoms with Crippen LogP contribution in [-0.4, -0.2) is 4.98 Å². The second-order valence-electron chi connectivity index (χ2n) is 3.97. The van der Waals surface area contributed by atoms with Crippen molar-refractivity contribution in [2.24, 2.45) is 0 Å². The molecule has 2 nitrogen and oxygen atoms in total. The lowest BCUT2D eigenvalue weighted by Gasteiger charge is -2.14. The van der Waals surface area contributed by atoms with Crippen molar-refractivity contribution in [2.45, 2.75) is 26.4 Å². The first-order chi connectivity index (χ1) is 8.16. The summed E-state index contributed by atoms with van der Waals surface area (Å²) in [5, 5.41) is 4.63. The Morgan fingerprint density at radius 2 is 2.18 bits per heavy atom. The number of aromatic nitrogens is 1. The normalized spacial score (nSPS) is 12.6. The van der Waals surface area contributed by atoms with Gasteiger partial charge in [0.15, 0.2) is 0 Å². The van der Waals surface area contributed by atoms with Gasteiger partial charge in [0.1, 0.15) is 0 Å². The molecule has 0 spiro atoms. The van der Waals surface area contributed by atoms with Gasteiger partial charge >= 0.3 is 0 Å². The van der Waals surface area contributed by atoms with Gasteiger partial charge in [0.25, 0.3) is 0 Å². The summed E-state index contributed by atoms with van der Waals surface area (Å²) in [6, 6.07) is 8.64. The van der Waals surface area contributed by atoms with E-state index in [9.17, 15) is 0 Å². The van der Waals surface area contributed by atoms with Crippen LogP contribution in [0.15, 0.2) is 34.9 Å². The number of thiazole rings is 1. The predicted molar refractivity (Wildman–Crippen MR) is 76.2 cm³/mol. The number of nitrogens with zero attached hydrogens (tertiary/aromatic N) is 1. The molecule has 0 aliphatic rings. The molecule has 0 radical (unpaired) electrons. The second-order valence-corrected chi connectivity index (χ2v) is 6.14. The molecular weight excluding hydrogens is 296 g/mol. The summed E-state index contributed by atoms with van der Waals surface area (Å²) in [7, 11) is 0. The average molecular weight is 311 g/mol. The quantitative estimate of drug-likeness (QED) is 0.921. The first-order valence-corrected chi connectivity index (χ1v) is 7.17. The van der Waals surface area contributed by atoms with Gasteiger partial charge in [-0.25, -0.2) is 4.98 Å². The highest BCUT2D eigenvalue weighted by atomic mass is 79.9. The van der Waals surface area contributed by atoms with Crippen molar-refractivity contribution < 1.29 is 0 Å². The minimum absolute atomic E-state index is 0.327. The zero-order valence-electron chi connectivity index (χ0n) is 9.90. The Bertz CT molecular complexity index is 496. The zero-order chi connectivity index (χ0) is 12.3. The van der Waals surface area contributed by atoms with Crippen molar-refractivity contribution in [3.05, 3.63) is 50.4 Å². The molecule has 1 aromatic carbocycles. The SMILES string of the molecule is Cc1ncc(CN[C@H](C)c2ccccc2Br)s1. The summed E-state index contributed by atoms with van der Waals surface area (Å²) >= 11 is 5.32. The van der Waals surface area contributed by atoms with Crippen LogP contribution >= 0.6 is 27.3 Å². The van der Waals surface area contributed by atoms with Crippen LogP contribution in [0.3, 0.4) is 0 Å². The molecule has 1 atom stereocenters. The van der Waals surface area contributed by atoms with E-state index in [-0.39, 0.29) is 0 Å². The molecule has 4 heteroatoms. The fraction of sp³-hybridized carbons (Fsp3) is 0.308. The van der Waals surface area contributed by atoms with Crippen LogP contribution in [0, 0.1) is 6.92 Å². The standard InChI is InChI=1S/C13H15BrN2S/c1-9(12-5-3-4-6-13(12)14)15-7-11-8-16-10(2)17-11/h3-6,8-9,15H,7H2,1-2H3/t9-/m1/s1. The summed E-state index contributed by atoms with van der Waals surface area (Å²) in [5.41, 5.74) is 1.29. The summed E-state index contributed by atoms with van der Waals surface area (Å²) in [5.74, 6) is 0. The van der Waals surface area contributed by atoms with Crippen molar-refractivity contribution in [3.63, 3.8) is 0 Å². The smallest absolute Gasteiger partial charge is 0.0897 e. The van der Waals surface area contributed by atoms with E-state index in [1.807, 2.05) is 19.2 Å². The number of halogens is 1. The summed E-state index contributed by atoms with van der Waals surface area (Å²) < 4.78 is 1.15.